The molecule has 0 aliphatic rings. The number of hydrogen-bond donors (Lipinski definition) is 1. The van der Waals surface area contributed by atoms with Crippen molar-refractivity contribution >= 4 is 15.9 Å². The van der Waals surface area contributed by atoms with Gasteiger partial charge in [0, 0.05) is 18.7 Å². The largest absolute Gasteiger partial charge is 0.346 e. The molecule has 0 bridgehead atoms. The van der Waals surface area contributed by atoms with Crippen LogP contribution in [0.4, 0.5) is 0 Å². The van der Waals surface area contributed by atoms with E-state index in [0.717, 1.165) is 11.1 Å². The third-order valence-corrected chi connectivity index (χ3v) is 7.04. The predicted octanol–water partition coefficient (Wildman–Crippen LogP) is 4.86. The molecular formula is C26H28N2O3S. The SMILES string of the molecule is C=CCN(Cc1ccc(C(=O)N[C@H](C)c2ccc(C)cc2)cc1)S(=O)(=O)c1ccccc1. The quantitative estimate of drug-likeness (QED) is 0.475. The summed E-state index contributed by atoms with van der Waals surface area (Å²) in [6, 6.07) is 23.2. The van der Waals surface area contributed by atoms with Gasteiger partial charge >= 0.3 is 0 Å². The first-order valence-electron chi connectivity index (χ1n) is 10.4. The molecule has 3 rings (SSSR count). The molecule has 0 aromatic heterocycles. The van der Waals surface area contributed by atoms with E-state index in [1.807, 2.05) is 38.1 Å². The van der Waals surface area contributed by atoms with Crippen LogP contribution in [0.1, 0.15) is 40.0 Å². The summed E-state index contributed by atoms with van der Waals surface area (Å²) in [7, 11) is -3.65. The standard InChI is InChI=1S/C26H28N2O3S/c1-4-18-28(32(30,31)25-8-6-5-7-9-25)19-22-12-16-24(17-13-22)26(29)27-21(3)23-14-10-20(2)11-15-23/h4-17,21H,1,18-19H2,2-3H3,(H,27,29)/t21-/m1/s1. The summed E-state index contributed by atoms with van der Waals surface area (Å²) in [5.41, 5.74) is 3.51. The summed E-state index contributed by atoms with van der Waals surface area (Å²) < 4.78 is 27.4. The molecule has 0 fully saturated rings. The van der Waals surface area contributed by atoms with Crippen molar-refractivity contribution in [2.75, 3.05) is 6.54 Å². The molecule has 0 spiro atoms. The molecule has 5 nitrogen and oxygen atoms in total. The highest BCUT2D eigenvalue weighted by atomic mass is 32.2. The lowest BCUT2D eigenvalue weighted by molar-refractivity contribution is 0.0940. The van der Waals surface area contributed by atoms with Gasteiger partial charge in [0.2, 0.25) is 10.0 Å². The number of nitrogens with one attached hydrogen (secondary N) is 1. The van der Waals surface area contributed by atoms with Crippen molar-refractivity contribution < 1.29 is 13.2 Å². The zero-order chi connectivity index (χ0) is 23.1. The lowest BCUT2D eigenvalue weighted by atomic mass is 10.1. The molecule has 1 N–H and O–H groups in total. The van der Waals surface area contributed by atoms with Gasteiger partial charge in [-0.2, -0.15) is 4.31 Å². The van der Waals surface area contributed by atoms with Gasteiger partial charge < -0.3 is 5.32 Å². The third-order valence-electron chi connectivity index (χ3n) is 5.21. The minimum absolute atomic E-state index is 0.123. The lowest BCUT2D eigenvalue weighted by Crippen LogP contribution is -2.31. The zero-order valence-corrected chi connectivity index (χ0v) is 19.2. The van der Waals surface area contributed by atoms with Crippen molar-refractivity contribution in [3.8, 4) is 0 Å². The van der Waals surface area contributed by atoms with Crippen molar-refractivity contribution in [3.63, 3.8) is 0 Å². The Morgan fingerprint density at radius 1 is 1.00 bits per heavy atom. The smallest absolute Gasteiger partial charge is 0.251 e. The second-order valence-corrected chi connectivity index (χ2v) is 9.64. The average Bonchev–Trinajstić information content (AvgIpc) is 2.80. The Kier molecular flexibility index (Phi) is 7.62. The minimum atomic E-state index is -3.65. The molecular weight excluding hydrogens is 420 g/mol. The molecule has 6 heteroatoms. The maximum Gasteiger partial charge on any atom is 0.251 e. The van der Waals surface area contributed by atoms with Gasteiger partial charge in [-0.3, -0.25) is 4.79 Å². The number of hydrogen-bond acceptors (Lipinski definition) is 3. The highest BCUT2D eigenvalue weighted by Gasteiger charge is 2.23. The van der Waals surface area contributed by atoms with E-state index < -0.39 is 10.0 Å². The van der Waals surface area contributed by atoms with Gasteiger partial charge in [-0.1, -0.05) is 66.2 Å². The number of nitrogens with zero attached hydrogens (tertiary/aromatic N) is 1. The highest BCUT2D eigenvalue weighted by molar-refractivity contribution is 7.89. The van der Waals surface area contributed by atoms with E-state index in [4.69, 9.17) is 0 Å². The van der Waals surface area contributed by atoms with E-state index in [-0.39, 0.29) is 29.9 Å². The third kappa shape index (κ3) is 5.72. The van der Waals surface area contributed by atoms with Gasteiger partial charge in [0.15, 0.2) is 0 Å². The fraction of sp³-hybridized carbons (Fsp3) is 0.192. The molecule has 0 aliphatic heterocycles. The first-order chi connectivity index (χ1) is 15.3. The highest BCUT2D eigenvalue weighted by Crippen LogP contribution is 2.19. The molecule has 0 unspecified atom stereocenters. The summed E-state index contributed by atoms with van der Waals surface area (Å²) in [5.74, 6) is -0.176. The van der Waals surface area contributed by atoms with Gasteiger partial charge in [-0.15, -0.1) is 6.58 Å². The summed E-state index contributed by atoms with van der Waals surface area (Å²) in [5, 5.41) is 3.00. The fourth-order valence-electron chi connectivity index (χ4n) is 3.32. The van der Waals surface area contributed by atoms with E-state index in [1.165, 1.54) is 9.87 Å². The Morgan fingerprint density at radius 2 is 1.62 bits per heavy atom. The monoisotopic (exact) mass is 448 g/mol. The molecule has 1 atom stereocenters. The van der Waals surface area contributed by atoms with Gasteiger partial charge in [-0.05, 0) is 49.2 Å². The summed E-state index contributed by atoms with van der Waals surface area (Å²) in [6.45, 7) is 8.02. The molecule has 3 aromatic carbocycles. The van der Waals surface area contributed by atoms with Gasteiger partial charge in [0.1, 0.15) is 0 Å². The summed E-state index contributed by atoms with van der Waals surface area (Å²) in [6.07, 6.45) is 1.56. The Labute approximate surface area is 190 Å². The normalized spacial score (nSPS) is 12.3. The summed E-state index contributed by atoms with van der Waals surface area (Å²) in [4.78, 5) is 12.9. The van der Waals surface area contributed by atoms with Crippen molar-refractivity contribution in [1.82, 2.24) is 9.62 Å². The molecule has 0 heterocycles. The van der Waals surface area contributed by atoms with Gasteiger partial charge in [-0.25, -0.2) is 8.42 Å². The van der Waals surface area contributed by atoms with Crippen LogP contribution in [0.25, 0.3) is 0 Å². The predicted molar refractivity (Wildman–Crippen MR) is 128 cm³/mol. The van der Waals surface area contributed by atoms with E-state index >= 15 is 0 Å². The van der Waals surface area contributed by atoms with E-state index in [1.54, 1.807) is 60.7 Å². The molecule has 0 radical (unpaired) electrons. The van der Waals surface area contributed by atoms with Crippen LogP contribution < -0.4 is 5.32 Å². The van der Waals surface area contributed by atoms with Crippen LogP contribution in [-0.2, 0) is 16.6 Å². The fourth-order valence-corrected chi connectivity index (χ4v) is 4.74. The number of carbonyl (C=O) groups excluding carboxylic acids is 1. The van der Waals surface area contributed by atoms with Crippen LogP contribution in [0.5, 0.6) is 0 Å². The van der Waals surface area contributed by atoms with Gasteiger partial charge in [0.05, 0.1) is 10.9 Å². The van der Waals surface area contributed by atoms with E-state index in [0.29, 0.717) is 5.56 Å². The molecule has 166 valence electrons. The molecule has 0 saturated heterocycles. The Morgan fingerprint density at radius 3 is 2.22 bits per heavy atom. The average molecular weight is 449 g/mol. The number of rotatable bonds is 9. The molecule has 0 aliphatic carbocycles. The number of carbonyl (C=O) groups is 1. The van der Waals surface area contributed by atoms with Crippen molar-refractivity contribution in [2.24, 2.45) is 0 Å². The maximum atomic E-state index is 13.0. The number of sulfonamides is 1. The maximum absolute atomic E-state index is 13.0. The first kappa shape index (κ1) is 23.4. The van der Waals surface area contributed by atoms with Crippen molar-refractivity contribution in [2.45, 2.75) is 31.3 Å². The van der Waals surface area contributed by atoms with Crippen LogP contribution >= 0.6 is 0 Å². The molecule has 0 saturated carbocycles. The Bertz CT molecular complexity index is 1160. The second-order valence-electron chi connectivity index (χ2n) is 7.70. The number of benzene rings is 3. The minimum Gasteiger partial charge on any atom is -0.346 e. The molecule has 32 heavy (non-hydrogen) atoms. The first-order valence-corrected chi connectivity index (χ1v) is 11.9. The van der Waals surface area contributed by atoms with Crippen LogP contribution in [0.2, 0.25) is 0 Å². The van der Waals surface area contributed by atoms with Crippen LogP contribution in [0.15, 0.2) is 96.4 Å². The Hall–Kier alpha value is -3.22. The van der Waals surface area contributed by atoms with Crippen LogP contribution in [0, 0.1) is 6.92 Å². The number of aryl methyl sites for hydroxylation is 1. The topological polar surface area (TPSA) is 66.5 Å². The van der Waals surface area contributed by atoms with Gasteiger partial charge in [0.25, 0.3) is 5.91 Å². The Balaban J connectivity index is 1.70. The van der Waals surface area contributed by atoms with E-state index in [2.05, 4.69) is 11.9 Å². The molecule has 3 aromatic rings. The zero-order valence-electron chi connectivity index (χ0n) is 18.4. The summed E-state index contributed by atoms with van der Waals surface area (Å²) >= 11 is 0. The van der Waals surface area contributed by atoms with Crippen molar-refractivity contribution in [3.05, 3.63) is 114 Å². The number of amides is 1. The molecule has 1 amide bonds. The lowest BCUT2D eigenvalue weighted by Gasteiger charge is -2.21. The van der Waals surface area contributed by atoms with Crippen molar-refractivity contribution in [1.29, 1.82) is 0 Å². The second kappa shape index (κ2) is 10.4. The van der Waals surface area contributed by atoms with E-state index in [9.17, 15) is 13.2 Å². The van der Waals surface area contributed by atoms with Crippen LogP contribution in [0.3, 0.4) is 0 Å². The van der Waals surface area contributed by atoms with Crippen LogP contribution in [-0.4, -0.2) is 25.2 Å².